The van der Waals surface area contributed by atoms with Crippen LogP contribution in [-0.2, 0) is 13.1 Å². The van der Waals surface area contributed by atoms with E-state index in [1.807, 2.05) is 18.4 Å². The highest BCUT2D eigenvalue weighted by Crippen LogP contribution is 2.32. The number of hydrogen-bond donors (Lipinski definition) is 1. The molecule has 0 bridgehead atoms. The second-order valence-electron chi connectivity index (χ2n) is 5.08. The maximum absolute atomic E-state index is 4.89. The van der Waals surface area contributed by atoms with Crippen LogP contribution >= 0.6 is 22.7 Å². The molecular formula is C15H23N3S2. The number of thiophene rings is 1. The summed E-state index contributed by atoms with van der Waals surface area (Å²) in [5, 5.41) is 6.51. The summed E-state index contributed by atoms with van der Waals surface area (Å²) < 4.78 is 0. The molecule has 110 valence electrons. The fourth-order valence-electron chi connectivity index (χ4n) is 2.08. The molecule has 2 heterocycles. The Morgan fingerprint density at radius 1 is 1.45 bits per heavy atom. The largest absolute Gasteiger partial charge is 0.346 e. The normalized spacial score (nSPS) is 12.6. The van der Waals surface area contributed by atoms with Gasteiger partial charge in [0.05, 0.1) is 12.2 Å². The molecule has 0 spiro atoms. The van der Waals surface area contributed by atoms with Gasteiger partial charge in [-0.25, -0.2) is 4.98 Å². The van der Waals surface area contributed by atoms with E-state index in [9.17, 15) is 0 Å². The highest BCUT2D eigenvalue weighted by molar-refractivity contribution is 7.15. The Morgan fingerprint density at radius 3 is 2.85 bits per heavy atom. The Hall–Kier alpha value is -0.910. The van der Waals surface area contributed by atoms with Crippen LogP contribution in [-0.4, -0.2) is 19.1 Å². The van der Waals surface area contributed by atoms with Crippen molar-refractivity contribution in [2.45, 2.75) is 39.3 Å². The summed E-state index contributed by atoms with van der Waals surface area (Å²) in [5.74, 6) is 0.526. The van der Waals surface area contributed by atoms with Crippen molar-refractivity contribution in [1.82, 2.24) is 10.3 Å². The van der Waals surface area contributed by atoms with Crippen molar-refractivity contribution in [2.75, 3.05) is 19.0 Å². The van der Waals surface area contributed by atoms with E-state index >= 15 is 0 Å². The third-order valence-electron chi connectivity index (χ3n) is 3.43. The van der Waals surface area contributed by atoms with E-state index in [1.165, 1.54) is 15.4 Å². The lowest BCUT2D eigenvalue weighted by molar-refractivity contribution is 0.692. The maximum Gasteiger partial charge on any atom is 0.185 e. The van der Waals surface area contributed by atoms with E-state index < -0.39 is 0 Å². The first-order valence-corrected chi connectivity index (χ1v) is 8.73. The molecule has 1 atom stereocenters. The van der Waals surface area contributed by atoms with Gasteiger partial charge in [-0.2, -0.15) is 0 Å². The van der Waals surface area contributed by atoms with Crippen molar-refractivity contribution in [3.05, 3.63) is 33.0 Å². The Bertz CT molecular complexity index is 519. The summed E-state index contributed by atoms with van der Waals surface area (Å²) in [4.78, 5) is 9.89. The third-order valence-corrected chi connectivity index (χ3v) is 5.48. The molecule has 3 nitrogen and oxygen atoms in total. The van der Waals surface area contributed by atoms with Crippen molar-refractivity contribution < 1.29 is 0 Å². The van der Waals surface area contributed by atoms with Gasteiger partial charge >= 0.3 is 0 Å². The van der Waals surface area contributed by atoms with Crippen molar-refractivity contribution >= 4 is 27.8 Å². The second-order valence-corrected chi connectivity index (χ2v) is 7.17. The van der Waals surface area contributed by atoms with Gasteiger partial charge in [0.25, 0.3) is 0 Å². The standard InChI is InChI=1S/C15H23N3S2/c1-5-11(2)14-13(9-16-3)20-15(17-14)18(4)10-12-7-6-8-19-12/h6-8,11,16H,5,9-10H2,1-4H3. The molecule has 2 aromatic heterocycles. The molecule has 0 aromatic carbocycles. The first-order chi connectivity index (χ1) is 9.65. The van der Waals surface area contributed by atoms with Crippen LogP contribution in [0.2, 0.25) is 0 Å². The fourth-order valence-corrected chi connectivity index (χ4v) is 3.99. The highest BCUT2D eigenvalue weighted by Gasteiger charge is 2.17. The van der Waals surface area contributed by atoms with Gasteiger partial charge in [0.2, 0.25) is 0 Å². The number of thiazole rings is 1. The summed E-state index contributed by atoms with van der Waals surface area (Å²) in [7, 11) is 4.12. The van der Waals surface area contributed by atoms with E-state index in [0.717, 1.165) is 24.6 Å². The number of hydrogen-bond acceptors (Lipinski definition) is 5. The van der Waals surface area contributed by atoms with Gasteiger partial charge in [0.1, 0.15) is 0 Å². The lowest BCUT2D eigenvalue weighted by atomic mass is 10.0. The van der Waals surface area contributed by atoms with Crippen LogP contribution in [0.5, 0.6) is 0 Å². The quantitative estimate of drug-likeness (QED) is 0.835. The van der Waals surface area contributed by atoms with Gasteiger partial charge in [0.15, 0.2) is 5.13 Å². The van der Waals surface area contributed by atoms with Gasteiger partial charge in [-0.1, -0.05) is 19.9 Å². The van der Waals surface area contributed by atoms with Crippen molar-refractivity contribution in [2.24, 2.45) is 0 Å². The van der Waals surface area contributed by atoms with Crippen LogP contribution < -0.4 is 10.2 Å². The van der Waals surface area contributed by atoms with Crippen molar-refractivity contribution in [1.29, 1.82) is 0 Å². The average Bonchev–Trinajstić information content (AvgIpc) is 3.08. The summed E-state index contributed by atoms with van der Waals surface area (Å²) in [6, 6.07) is 4.28. The predicted octanol–water partition coefficient (Wildman–Crippen LogP) is 4.07. The molecule has 0 aliphatic rings. The molecule has 0 fully saturated rings. The summed E-state index contributed by atoms with van der Waals surface area (Å²) >= 11 is 3.62. The minimum atomic E-state index is 0.526. The molecule has 2 rings (SSSR count). The van der Waals surface area contributed by atoms with Crippen LogP contribution in [0.15, 0.2) is 17.5 Å². The molecule has 0 saturated carbocycles. The van der Waals surface area contributed by atoms with E-state index in [2.05, 4.69) is 48.6 Å². The number of nitrogens with one attached hydrogen (secondary N) is 1. The monoisotopic (exact) mass is 309 g/mol. The van der Waals surface area contributed by atoms with Crippen LogP contribution in [0.3, 0.4) is 0 Å². The number of nitrogens with zero attached hydrogens (tertiary/aromatic N) is 2. The van der Waals surface area contributed by atoms with Gasteiger partial charge in [-0.05, 0) is 30.8 Å². The van der Waals surface area contributed by atoms with E-state index in [-0.39, 0.29) is 0 Å². The van der Waals surface area contributed by atoms with Gasteiger partial charge in [0, 0.05) is 23.3 Å². The van der Waals surface area contributed by atoms with Crippen LogP contribution in [0, 0.1) is 0 Å². The zero-order valence-electron chi connectivity index (χ0n) is 12.6. The van der Waals surface area contributed by atoms with Gasteiger partial charge in [-0.15, -0.1) is 22.7 Å². The number of aromatic nitrogens is 1. The van der Waals surface area contributed by atoms with E-state index in [4.69, 9.17) is 4.98 Å². The smallest absolute Gasteiger partial charge is 0.185 e. The van der Waals surface area contributed by atoms with E-state index in [1.54, 1.807) is 11.3 Å². The number of anilines is 1. The van der Waals surface area contributed by atoms with Crippen LogP contribution in [0.4, 0.5) is 5.13 Å². The molecule has 0 aliphatic carbocycles. The fraction of sp³-hybridized carbons (Fsp3) is 0.533. The molecular weight excluding hydrogens is 286 g/mol. The molecule has 0 aliphatic heterocycles. The molecule has 5 heteroatoms. The predicted molar refractivity (Wildman–Crippen MR) is 90.0 cm³/mol. The molecule has 0 radical (unpaired) electrons. The minimum absolute atomic E-state index is 0.526. The molecule has 2 aromatic rings. The second kappa shape index (κ2) is 7.20. The Kier molecular flexibility index (Phi) is 5.57. The molecule has 0 saturated heterocycles. The van der Waals surface area contributed by atoms with Crippen molar-refractivity contribution in [3.8, 4) is 0 Å². The number of rotatable bonds is 7. The SMILES string of the molecule is CCC(C)c1nc(N(C)Cc2cccs2)sc1CNC. The Labute approximate surface area is 129 Å². The van der Waals surface area contributed by atoms with Gasteiger partial charge < -0.3 is 10.2 Å². The first-order valence-electron chi connectivity index (χ1n) is 7.03. The Morgan fingerprint density at radius 2 is 2.25 bits per heavy atom. The van der Waals surface area contributed by atoms with E-state index in [0.29, 0.717) is 5.92 Å². The van der Waals surface area contributed by atoms with Crippen LogP contribution in [0.1, 0.15) is 41.6 Å². The first kappa shape index (κ1) is 15.5. The Balaban J connectivity index is 2.18. The lowest BCUT2D eigenvalue weighted by Crippen LogP contribution is -2.15. The summed E-state index contributed by atoms with van der Waals surface area (Å²) in [5.41, 5.74) is 1.26. The molecule has 20 heavy (non-hydrogen) atoms. The van der Waals surface area contributed by atoms with Gasteiger partial charge in [-0.3, -0.25) is 0 Å². The van der Waals surface area contributed by atoms with Crippen LogP contribution in [0.25, 0.3) is 0 Å². The zero-order chi connectivity index (χ0) is 14.5. The topological polar surface area (TPSA) is 28.2 Å². The molecule has 0 amide bonds. The zero-order valence-corrected chi connectivity index (χ0v) is 14.3. The minimum Gasteiger partial charge on any atom is -0.346 e. The lowest BCUT2D eigenvalue weighted by Gasteiger charge is -2.14. The third kappa shape index (κ3) is 3.59. The molecule has 1 N–H and O–H groups in total. The summed E-state index contributed by atoms with van der Waals surface area (Å²) in [6.07, 6.45) is 1.13. The maximum atomic E-state index is 4.89. The summed E-state index contributed by atoms with van der Waals surface area (Å²) in [6.45, 7) is 6.33. The highest BCUT2D eigenvalue weighted by atomic mass is 32.1. The average molecular weight is 310 g/mol. The molecule has 1 unspecified atom stereocenters. The van der Waals surface area contributed by atoms with Crippen molar-refractivity contribution in [3.63, 3.8) is 0 Å².